The van der Waals surface area contributed by atoms with Crippen LogP contribution >= 0.6 is 15.9 Å². The van der Waals surface area contributed by atoms with Gasteiger partial charge in [-0.15, -0.1) is 0 Å². The van der Waals surface area contributed by atoms with Gasteiger partial charge in [0.1, 0.15) is 17.6 Å². The predicted molar refractivity (Wildman–Crippen MR) is 100.0 cm³/mol. The summed E-state index contributed by atoms with van der Waals surface area (Å²) in [6.07, 6.45) is -0.799. The minimum atomic E-state index is -0.799. The number of hydrogen-bond acceptors (Lipinski definition) is 3. The molecule has 0 amide bonds. The summed E-state index contributed by atoms with van der Waals surface area (Å²) < 4.78 is 12.3. The number of fused-ring (bicyclic) bond motifs is 1. The molecule has 3 rings (SSSR count). The van der Waals surface area contributed by atoms with E-state index in [1.165, 1.54) is 0 Å². The molecule has 0 aromatic heterocycles. The van der Waals surface area contributed by atoms with Gasteiger partial charge in [-0.25, -0.2) is 0 Å². The fraction of sp³-hybridized carbons (Fsp3) is 0.200. The first-order valence-electron chi connectivity index (χ1n) is 7.65. The molecule has 0 aliphatic heterocycles. The van der Waals surface area contributed by atoms with Crippen LogP contribution in [0.15, 0.2) is 53.0 Å². The fourth-order valence-electron chi connectivity index (χ4n) is 3.14. The van der Waals surface area contributed by atoms with Gasteiger partial charge in [-0.2, -0.15) is 0 Å². The highest BCUT2D eigenvalue weighted by Crippen LogP contribution is 2.44. The van der Waals surface area contributed by atoms with Crippen LogP contribution in [0.2, 0.25) is 0 Å². The van der Waals surface area contributed by atoms with E-state index in [0.29, 0.717) is 5.75 Å². The summed E-state index contributed by atoms with van der Waals surface area (Å²) in [4.78, 5) is 0. The van der Waals surface area contributed by atoms with Crippen LogP contribution in [0, 0.1) is 6.92 Å². The molecule has 0 saturated carbocycles. The molecule has 3 aromatic carbocycles. The Labute approximate surface area is 150 Å². The molecular weight excluding hydrogens is 368 g/mol. The lowest BCUT2D eigenvalue weighted by Gasteiger charge is -2.22. The molecule has 4 heteroatoms. The van der Waals surface area contributed by atoms with Crippen molar-refractivity contribution in [2.75, 3.05) is 14.2 Å². The van der Waals surface area contributed by atoms with Crippen LogP contribution in [-0.2, 0) is 0 Å². The molecule has 124 valence electrons. The molecule has 0 fully saturated rings. The zero-order chi connectivity index (χ0) is 17.3. The molecule has 0 spiro atoms. The molecule has 0 heterocycles. The lowest BCUT2D eigenvalue weighted by molar-refractivity contribution is 0.213. The maximum absolute atomic E-state index is 11.0. The standard InChI is InChI=1S/C20H19BrO3/c1-12-17(18(22)13-8-10-14(21)11-9-13)20(24-3)16-7-5-4-6-15(16)19(12)23-2/h4-11,18,22H,1-3H3. The normalized spacial score (nSPS) is 12.2. The molecule has 1 unspecified atom stereocenters. The highest BCUT2D eigenvalue weighted by atomic mass is 79.9. The summed E-state index contributed by atoms with van der Waals surface area (Å²) in [6, 6.07) is 15.5. The lowest BCUT2D eigenvalue weighted by Crippen LogP contribution is -2.07. The van der Waals surface area contributed by atoms with Crippen molar-refractivity contribution in [2.24, 2.45) is 0 Å². The van der Waals surface area contributed by atoms with Crippen molar-refractivity contribution in [1.82, 2.24) is 0 Å². The van der Waals surface area contributed by atoms with Crippen molar-refractivity contribution < 1.29 is 14.6 Å². The summed E-state index contributed by atoms with van der Waals surface area (Å²) in [5.41, 5.74) is 2.41. The molecule has 0 radical (unpaired) electrons. The number of hydrogen-bond donors (Lipinski definition) is 1. The van der Waals surface area contributed by atoms with E-state index in [4.69, 9.17) is 9.47 Å². The first-order valence-corrected chi connectivity index (χ1v) is 8.44. The molecule has 3 nitrogen and oxygen atoms in total. The van der Waals surface area contributed by atoms with Gasteiger partial charge in [-0.3, -0.25) is 0 Å². The Bertz CT molecular complexity index is 872. The zero-order valence-corrected chi connectivity index (χ0v) is 15.4. The van der Waals surface area contributed by atoms with Crippen LogP contribution in [0.1, 0.15) is 22.8 Å². The number of rotatable bonds is 4. The first kappa shape index (κ1) is 16.8. The monoisotopic (exact) mass is 386 g/mol. The van der Waals surface area contributed by atoms with Gasteiger partial charge in [0, 0.05) is 26.4 Å². The summed E-state index contributed by atoms with van der Waals surface area (Å²) >= 11 is 3.42. The van der Waals surface area contributed by atoms with Gasteiger partial charge in [-0.05, 0) is 24.6 Å². The van der Waals surface area contributed by atoms with E-state index in [2.05, 4.69) is 15.9 Å². The van der Waals surface area contributed by atoms with Crippen LogP contribution in [-0.4, -0.2) is 19.3 Å². The number of aliphatic hydroxyl groups excluding tert-OH is 1. The quantitative estimate of drug-likeness (QED) is 0.684. The molecule has 0 saturated heterocycles. The van der Waals surface area contributed by atoms with Crippen molar-refractivity contribution in [1.29, 1.82) is 0 Å². The van der Waals surface area contributed by atoms with Gasteiger partial charge in [-0.1, -0.05) is 52.3 Å². The van der Waals surface area contributed by atoms with E-state index in [9.17, 15) is 5.11 Å². The third kappa shape index (κ3) is 2.76. The number of halogens is 1. The van der Waals surface area contributed by atoms with Gasteiger partial charge in [0.25, 0.3) is 0 Å². The molecule has 3 aromatic rings. The number of benzene rings is 3. The summed E-state index contributed by atoms with van der Waals surface area (Å²) in [7, 11) is 3.28. The SMILES string of the molecule is COc1c(C)c(C(O)c2ccc(Br)cc2)c(OC)c2ccccc12. The second-order valence-corrected chi connectivity index (χ2v) is 6.52. The third-order valence-corrected chi connectivity index (χ3v) is 4.80. The summed E-state index contributed by atoms with van der Waals surface area (Å²) in [6.45, 7) is 1.95. The fourth-order valence-corrected chi connectivity index (χ4v) is 3.41. The maximum Gasteiger partial charge on any atom is 0.133 e. The van der Waals surface area contributed by atoms with E-state index < -0.39 is 6.10 Å². The molecule has 1 N–H and O–H groups in total. The number of ether oxygens (including phenoxy) is 2. The second-order valence-electron chi connectivity index (χ2n) is 5.60. The summed E-state index contributed by atoms with van der Waals surface area (Å²) in [5.74, 6) is 1.44. The Morgan fingerprint density at radius 1 is 0.875 bits per heavy atom. The van der Waals surface area contributed by atoms with Crippen LogP contribution < -0.4 is 9.47 Å². The first-order chi connectivity index (χ1) is 11.6. The van der Waals surface area contributed by atoms with E-state index >= 15 is 0 Å². The molecule has 1 atom stereocenters. The van der Waals surface area contributed by atoms with E-state index in [-0.39, 0.29) is 0 Å². The zero-order valence-electron chi connectivity index (χ0n) is 13.8. The molecule has 0 aliphatic rings. The smallest absolute Gasteiger partial charge is 0.133 e. The van der Waals surface area contributed by atoms with Gasteiger partial charge in [0.05, 0.1) is 14.2 Å². The lowest BCUT2D eigenvalue weighted by atomic mass is 9.92. The van der Waals surface area contributed by atoms with Crippen molar-refractivity contribution in [2.45, 2.75) is 13.0 Å². The van der Waals surface area contributed by atoms with Crippen molar-refractivity contribution in [3.63, 3.8) is 0 Å². The Kier molecular flexibility index (Phi) is 4.78. The minimum Gasteiger partial charge on any atom is -0.496 e. The van der Waals surface area contributed by atoms with Gasteiger partial charge >= 0.3 is 0 Å². The van der Waals surface area contributed by atoms with Crippen LogP contribution in [0.5, 0.6) is 11.5 Å². The molecule has 0 bridgehead atoms. The minimum absolute atomic E-state index is 0.680. The van der Waals surface area contributed by atoms with E-state index in [0.717, 1.165) is 37.7 Å². The number of aliphatic hydroxyl groups is 1. The van der Waals surface area contributed by atoms with Gasteiger partial charge in [0.15, 0.2) is 0 Å². The van der Waals surface area contributed by atoms with Crippen LogP contribution in [0.25, 0.3) is 10.8 Å². The second kappa shape index (κ2) is 6.83. The van der Waals surface area contributed by atoms with E-state index in [1.54, 1.807) is 14.2 Å². The predicted octanol–water partition coefficient (Wildman–Crippen LogP) is 5.01. The highest BCUT2D eigenvalue weighted by Gasteiger charge is 2.24. The van der Waals surface area contributed by atoms with Crippen molar-refractivity contribution in [3.8, 4) is 11.5 Å². The average Bonchev–Trinajstić information content (AvgIpc) is 2.60. The Balaban J connectivity index is 2.30. The Morgan fingerprint density at radius 3 is 1.96 bits per heavy atom. The summed E-state index contributed by atoms with van der Waals surface area (Å²) in [5, 5.41) is 12.9. The maximum atomic E-state index is 11.0. The highest BCUT2D eigenvalue weighted by molar-refractivity contribution is 9.10. The molecule has 0 aliphatic carbocycles. The van der Waals surface area contributed by atoms with Gasteiger partial charge in [0.2, 0.25) is 0 Å². The van der Waals surface area contributed by atoms with E-state index in [1.807, 2.05) is 55.5 Å². The van der Waals surface area contributed by atoms with Gasteiger partial charge < -0.3 is 14.6 Å². The largest absolute Gasteiger partial charge is 0.496 e. The van der Waals surface area contributed by atoms with Crippen LogP contribution in [0.3, 0.4) is 0 Å². The molecular formula is C20H19BrO3. The Hall–Kier alpha value is -2.04. The van der Waals surface area contributed by atoms with Crippen molar-refractivity contribution >= 4 is 26.7 Å². The van der Waals surface area contributed by atoms with Crippen molar-refractivity contribution in [3.05, 3.63) is 69.7 Å². The average molecular weight is 387 g/mol. The molecule has 24 heavy (non-hydrogen) atoms. The topological polar surface area (TPSA) is 38.7 Å². The third-order valence-electron chi connectivity index (χ3n) is 4.27. The Morgan fingerprint density at radius 2 is 1.42 bits per heavy atom. The van der Waals surface area contributed by atoms with Crippen LogP contribution in [0.4, 0.5) is 0 Å². The number of methoxy groups -OCH3 is 2.